The van der Waals surface area contributed by atoms with Crippen LogP contribution in [-0.2, 0) is 21.6 Å². The molecule has 3 aromatic rings. The minimum absolute atomic E-state index is 0.126. The molecule has 8 heteroatoms. The van der Waals surface area contributed by atoms with Gasteiger partial charge in [-0.2, -0.15) is 5.10 Å². The highest BCUT2D eigenvalue weighted by Crippen LogP contribution is 2.49. The third-order valence-electron chi connectivity index (χ3n) is 4.40. The third-order valence-corrected chi connectivity index (χ3v) is 5.20. The van der Waals surface area contributed by atoms with E-state index in [0.29, 0.717) is 21.6 Å². The summed E-state index contributed by atoms with van der Waals surface area (Å²) in [6.45, 7) is 0.503. The quantitative estimate of drug-likeness (QED) is 0.615. The van der Waals surface area contributed by atoms with Crippen LogP contribution in [0.2, 0.25) is 15.1 Å². The number of aromatic nitrogens is 3. The summed E-state index contributed by atoms with van der Waals surface area (Å²) in [4.78, 5) is 4.02. The summed E-state index contributed by atoms with van der Waals surface area (Å²) in [7, 11) is 0. The summed E-state index contributed by atoms with van der Waals surface area (Å²) >= 11 is 18.6. The van der Waals surface area contributed by atoms with Gasteiger partial charge >= 0.3 is 0 Å². The molecule has 1 fully saturated rings. The van der Waals surface area contributed by atoms with Crippen molar-refractivity contribution in [3.05, 3.63) is 81.3 Å². The maximum Gasteiger partial charge on any atom is 0.149 e. The Morgan fingerprint density at radius 3 is 2.54 bits per heavy atom. The highest BCUT2D eigenvalue weighted by atomic mass is 35.5. The minimum Gasteiger partial charge on any atom is -0.344 e. The molecule has 2 aromatic carbocycles. The van der Waals surface area contributed by atoms with Crippen LogP contribution in [0.1, 0.15) is 17.2 Å². The number of benzene rings is 2. The van der Waals surface area contributed by atoms with Crippen molar-refractivity contribution < 1.29 is 9.47 Å². The van der Waals surface area contributed by atoms with Crippen LogP contribution in [0.4, 0.5) is 0 Å². The Morgan fingerprint density at radius 1 is 1.08 bits per heavy atom. The van der Waals surface area contributed by atoms with Gasteiger partial charge in [-0.3, -0.25) is 0 Å². The molecule has 1 aliphatic rings. The summed E-state index contributed by atoms with van der Waals surface area (Å²) in [6.07, 6.45) is 2.71. The Kier molecular flexibility index (Phi) is 4.90. The lowest BCUT2D eigenvalue weighted by Gasteiger charge is -2.34. The van der Waals surface area contributed by atoms with Crippen LogP contribution in [0.25, 0.3) is 0 Å². The molecule has 1 aromatic heterocycles. The highest BCUT2D eigenvalue weighted by molar-refractivity contribution is 6.35. The van der Waals surface area contributed by atoms with Gasteiger partial charge in [-0.25, -0.2) is 9.67 Å². The van der Waals surface area contributed by atoms with Gasteiger partial charge in [0.25, 0.3) is 0 Å². The molecule has 134 valence electrons. The van der Waals surface area contributed by atoms with Crippen molar-refractivity contribution in [1.29, 1.82) is 0 Å². The summed E-state index contributed by atoms with van der Waals surface area (Å²) in [5, 5.41) is 5.93. The Labute approximate surface area is 165 Å². The SMILES string of the molecule is Clc1ccc([C@H]2OCO[C@]2(Cn2cncn2)c2ccc(Cl)cc2Cl)cc1. The van der Waals surface area contributed by atoms with E-state index in [1.807, 2.05) is 30.3 Å². The maximum atomic E-state index is 6.53. The van der Waals surface area contributed by atoms with Crippen molar-refractivity contribution in [3.63, 3.8) is 0 Å². The molecule has 0 bridgehead atoms. The van der Waals surface area contributed by atoms with Crippen molar-refractivity contribution in [2.75, 3.05) is 6.79 Å². The number of hydrogen-bond acceptors (Lipinski definition) is 4. The standard InChI is InChI=1S/C18H14Cl3N3O2/c19-13-3-1-12(2-4-13)17-18(26-11-25-17,8-24-10-22-9-23-24)15-6-5-14(20)7-16(15)21/h1-7,9-10,17H,8,11H2/t17-,18-/m1/s1. The van der Waals surface area contributed by atoms with E-state index in [0.717, 1.165) is 11.1 Å². The molecule has 1 aliphatic heterocycles. The molecule has 1 saturated heterocycles. The van der Waals surface area contributed by atoms with E-state index < -0.39 is 11.7 Å². The minimum atomic E-state index is -0.886. The lowest BCUT2D eigenvalue weighted by molar-refractivity contribution is -0.0296. The summed E-state index contributed by atoms with van der Waals surface area (Å²) in [5.41, 5.74) is 0.818. The van der Waals surface area contributed by atoms with E-state index in [2.05, 4.69) is 10.1 Å². The molecule has 0 saturated carbocycles. The van der Waals surface area contributed by atoms with Gasteiger partial charge in [-0.15, -0.1) is 0 Å². The first-order valence-corrected chi connectivity index (χ1v) is 9.01. The molecule has 4 rings (SSSR count). The summed E-state index contributed by atoms with van der Waals surface area (Å²) < 4.78 is 13.8. The Hall–Kier alpha value is -1.63. The number of hydrogen-bond donors (Lipinski definition) is 0. The van der Waals surface area contributed by atoms with Crippen LogP contribution in [0.5, 0.6) is 0 Å². The molecular weight excluding hydrogens is 397 g/mol. The van der Waals surface area contributed by atoms with Gasteiger partial charge in [0, 0.05) is 20.6 Å². The Bertz CT molecular complexity index is 903. The first-order valence-electron chi connectivity index (χ1n) is 7.87. The lowest BCUT2D eigenvalue weighted by Crippen LogP contribution is -2.37. The molecule has 0 radical (unpaired) electrons. The van der Waals surface area contributed by atoms with E-state index >= 15 is 0 Å². The van der Waals surface area contributed by atoms with Crippen molar-refractivity contribution in [2.45, 2.75) is 18.2 Å². The van der Waals surface area contributed by atoms with Gasteiger partial charge < -0.3 is 9.47 Å². The normalized spacial score (nSPS) is 22.7. The fourth-order valence-corrected chi connectivity index (χ4v) is 3.94. The molecule has 0 spiro atoms. The van der Waals surface area contributed by atoms with Gasteiger partial charge in [-0.1, -0.05) is 53.0 Å². The predicted molar refractivity (Wildman–Crippen MR) is 99.4 cm³/mol. The molecule has 0 amide bonds. The zero-order chi connectivity index (χ0) is 18.1. The molecule has 0 aliphatic carbocycles. The monoisotopic (exact) mass is 409 g/mol. The Morgan fingerprint density at radius 2 is 1.85 bits per heavy atom. The molecule has 0 N–H and O–H groups in total. The van der Waals surface area contributed by atoms with Crippen LogP contribution in [0, 0.1) is 0 Å². The average molecular weight is 411 g/mol. The van der Waals surface area contributed by atoms with Crippen LogP contribution in [-0.4, -0.2) is 21.6 Å². The van der Waals surface area contributed by atoms with E-state index in [1.54, 1.807) is 23.1 Å². The van der Waals surface area contributed by atoms with Crippen molar-refractivity contribution in [2.24, 2.45) is 0 Å². The van der Waals surface area contributed by atoms with Crippen molar-refractivity contribution in [3.8, 4) is 0 Å². The number of nitrogens with zero attached hydrogens (tertiary/aromatic N) is 3. The van der Waals surface area contributed by atoms with E-state index in [4.69, 9.17) is 44.3 Å². The fourth-order valence-electron chi connectivity index (χ4n) is 3.24. The Balaban J connectivity index is 1.85. The molecular formula is C18H14Cl3N3O2. The maximum absolute atomic E-state index is 6.53. The van der Waals surface area contributed by atoms with Crippen molar-refractivity contribution in [1.82, 2.24) is 14.8 Å². The second-order valence-corrected chi connectivity index (χ2v) is 7.25. The number of halogens is 3. The molecule has 26 heavy (non-hydrogen) atoms. The second-order valence-electron chi connectivity index (χ2n) is 5.97. The van der Waals surface area contributed by atoms with Crippen LogP contribution >= 0.6 is 34.8 Å². The van der Waals surface area contributed by atoms with Crippen LogP contribution < -0.4 is 0 Å². The predicted octanol–water partition coefficient (Wildman–Crippen LogP) is 4.88. The summed E-state index contributed by atoms with van der Waals surface area (Å²) in [6, 6.07) is 12.8. The fraction of sp³-hybridized carbons (Fsp3) is 0.222. The van der Waals surface area contributed by atoms with E-state index in [1.165, 1.54) is 6.33 Å². The molecule has 2 atom stereocenters. The third kappa shape index (κ3) is 3.21. The number of rotatable bonds is 4. The lowest BCUT2D eigenvalue weighted by atomic mass is 9.84. The second kappa shape index (κ2) is 7.18. The van der Waals surface area contributed by atoms with Crippen LogP contribution in [0.15, 0.2) is 55.1 Å². The zero-order valence-electron chi connectivity index (χ0n) is 13.5. The van der Waals surface area contributed by atoms with Gasteiger partial charge in [0.1, 0.15) is 31.2 Å². The zero-order valence-corrected chi connectivity index (χ0v) is 15.7. The first kappa shape index (κ1) is 17.8. The smallest absolute Gasteiger partial charge is 0.149 e. The highest BCUT2D eigenvalue weighted by Gasteiger charge is 2.49. The number of ether oxygens (including phenoxy) is 2. The van der Waals surface area contributed by atoms with Gasteiger partial charge in [0.2, 0.25) is 0 Å². The summed E-state index contributed by atoms with van der Waals surface area (Å²) in [5.74, 6) is 0. The average Bonchev–Trinajstić information content (AvgIpc) is 3.26. The van der Waals surface area contributed by atoms with E-state index in [-0.39, 0.29) is 6.79 Å². The van der Waals surface area contributed by atoms with Gasteiger partial charge in [0.05, 0.1) is 6.54 Å². The topological polar surface area (TPSA) is 49.2 Å². The first-order chi connectivity index (χ1) is 12.6. The molecule has 2 heterocycles. The molecule has 0 unspecified atom stereocenters. The van der Waals surface area contributed by atoms with Gasteiger partial charge in [-0.05, 0) is 29.8 Å². The van der Waals surface area contributed by atoms with E-state index in [9.17, 15) is 0 Å². The van der Waals surface area contributed by atoms with Gasteiger partial charge in [0.15, 0.2) is 0 Å². The largest absolute Gasteiger partial charge is 0.344 e. The molecule has 5 nitrogen and oxygen atoms in total. The van der Waals surface area contributed by atoms with Crippen molar-refractivity contribution >= 4 is 34.8 Å². The van der Waals surface area contributed by atoms with Crippen LogP contribution in [0.3, 0.4) is 0 Å².